The number of hydrogen-bond donors (Lipinski definition) is 1. The minimum Gasteiger partial charge on any atom is -0.325 e. The third kappa shape index (κ3) is 3.98. The Morgan fingerprint density at radius 3 is 2.38 bits per heavy atom. The first kappa shape index (κ1) is 20.9. The molecule has 4 aromatic rings. The average molecular weight is 431 g/mol. The van der Waals surface area contributed by atoms with Crippen molar-refractivity contribution >= 4 is 28.3 Å². The predicted octanol–water partition coefficient (Wildman–Crippen LogP) is 3.13. The minimum atomic E-state index is -0.719. The van der Waals surface area contributed by atoms with E-state index < -0.39 is 23.0 Å². The number of para-hydroxylation sites is 1. The SMILES string of the molecule is CC(=O)c1cccc(-n2c(=O)c3ccccc3n(CC(=O)Nc3ccc(F)cc3)c2=O)c1. The molecule has 0 aliphatic carbocycles. The number of benzene rings is 3. The van der Waals surface area contributed by atoms with Crippen LogP contribution in [-0.4, -0.2) is 20.8 Å². The van der Waals surface area contributed by atoms with Gasteiger partial charge in [0.2, 0.25) is 5.91 Å². The summed E-state index contributed by atoms with van der Waals surface area (Å²) < 4.78 is 15.2. The van der Waals surface area contributed by atoms with Gasteiger partial charge in [-0.15, -0.1) is 0 Å². The Balaban J connectivity index is 1.84. The van der Waals surface area contributed by atoms with Crippen LogP contribution < -0.4 is 16.6 Å². The van der Waals surface area contributed by atoms with E-state index in [9.17, 15) is 23.6 Å². The number of anilines is 1. The molecular weight excluding hydrogens is 413 g/mol. The van der Waals surface area contributed by atoms with Gasteiger partial charge in [0.1, 0.15) is 12.4 Å². The zero-order valence-corrected chi connectivity index (χ0v) is 17.0. The zero-order chi connectivity index (χ0) is 22.8. The maximum atomic E-state index is 13.3. The van der Waals surface area contributed by atoms with Crippen LogP contribution in [0.5, 0.6) is 0 Å². The third-order valence-electron chi connectivity index (χ3n) is 4.99. The lowest BCUT2D eigenvalue weighted by Crippen LogP contribution is -2.40. The summed E-state index contributed by atoms with van der Waals surface area (Å²) in [6.07, 6.45) is 0. The molecule has 0 aliphatic rings. The fraction of sp³-hybridized carbons (Fsp3) is 0.0833. The number of carbonyl (C=O) groups is 2. The monoisotopic (exact) mass is 431 g/mol. The van der Waals surface area contributed by atoms with Gasteiger partial charge in [-0.25, -0.2) is 13.8 Å². The van der Waals surface area contributed by atoms with Gasteiger partial charge < -0.3 is 5.32 Å². The molecule has 160 valence electrons. The molecule has 7 nitrogen and oxygen atoms in total. The lowest BCUT2D eigenvalue weighted by molar-refractivity contribution is -0.116. The van der Waals surface area contributed by atoms with Crippen LogP contribution in [0.4, 0.5) is 10.1 Å². The van der Waals surface area contributed by atoms with Crippen molar-refractivity contribution in [2.24, 2.45) is 0 Å². The van der Waals surface area contributed by atoms with E-state index in [1.165, 1.54) is 41.8 Å². The highest BCUT2D eigenvalue weighted by molar-refractivity contribution is 5.94. The van der Waals surface area contributed by atoms with Gasteiger partial charge in [0.15, 0.2) is 5.78 Å². The molecular formula is C24H18FN3O4. The van der Waals surface area contributed by atoms with E-state index in [2.05, 4.69) is 5.32 Å². The molecule has 8 heteroatoms. The zero-order valence-electron chi connectivity index (χ0n) is 17.0. The Labute approximate surface area is 181 Å². The summed E-state index contributed by atoms with van der Waals surface area (Å²) in [6.45, 7) is 1.02. The van der Waals surface area contributed by atoms with Gasteiger partial charge >= 0.3 is 5.69 Å². The fourth-order valence-corrected chi connectivity index (χ4v) is 3.44. The number of rotatable bonds is 5. The lowest BCUT2D eigenvalue weighted by Gasteiger charge is -2.14. The van der Waals surface area contributed by atoms with E-state index in [-0.39, 0.29) is 23.4 Å². The number of Topliss-reactive ketones (excluding diaryl/α,β-unsaturated/α-hetero) is 1. The average Bonchev–Trinajstić information content (AvgIpc) is 2.78. The van der Waals surface area contributed by atoms with Crippen molar-refractivity contribution in [3.63, 3.8) is 0 Å². The molecule has 0 radical (unpaired) electrons. The van der Waals surface area contributed by atoms with E-state index in [0.29, 0.717) is 16.8 Å². The first-order valence-electron chi connectivity index (χ1n) is 9.76. The number of aromatic nitrogens is 2. The summed E-state index contributed by atoms with van der Waals surface area (Å²) in [5.41, 5.74) is -0.0224. The summed E-state index contributed by atoms with van der Waals surface area (Å²) in [7, 11) is 0. The summed E-state index contributed by atoms with van der Waals surface area (Å²) in [5.74, 6) is -1.17. The first-order chi connectivity index (χ1) is 15.3. The number of amides is 1. The highest BCUT2D eigenvalue weighted by atomic mass is 19.1. The molecule has 0 bridgehead atoms. The third-order valence-corrected chi connectivity index (χ3v) is 4.99. The van der Waals surface area contributed by atoms with Crippen molar-refractivity contribution in [1.82, 2.24) is 9.13 Å². The summed E-state index contributed by atoms with van der Waals surface area (Å²) in [4.78, 5) is 50.9. The molecule has 0 saturated carbocycles. The lowest BCUT2D eigenvalue weighted by atomic mass is 10.1. The predicted molar refractivity (Wildman–Crippen MR) is 119 cm³/mol. The van der Waals surface area contributed by atoms with Crippen LogP contribution in [0, 0.1) is 5.82 Å². The van der Waals surface area contributed by atoms with Crippen LogP contribution >= 0.6 is 0 Å². The molecule has 0 spiro atoms. The smallest absolute Gasteiger partial charge is 0.325 e. The number of ketones is 1. The van der Waals surface area contributed by atoms with Crippen LogP contribution in [0.1, 0.15) is 17.3 Å². The van der Waals surface area contributed by atoms with Crippen molar-refractivity contribution in [3.8, 4) is 5.69 Å². The Kier molecular flexibility index (Phi) is 5.51. The van der Waals surface area contributed by atoms with Crippen LogP contribution in [0.2, 0.25) is 0 Å². The van der Waals surface area contributed by atoms with Gasteiger partial charge in [0.05, 0.1) is 16.6 Å². The summed E-state index contributed by atoms with van der Waals surface area (Å²) in [6, 6.07) is 17.9. The van der Waals surface area contributed by atoms with Gasteiger partial charge in [-0.1, -0.05) is 24.3 Å². The van der Waals surface area contributed by atoms with Crippen molar-refractivity contribution in [2.45, 2.75) is 13.5 Å². The number of nitrogens with zero attached hydrogens (tertiary/aromatic N) is 2. The molecule has 0 fully saturated rings. The number of halogens is 1. The molecule has 1 aromatic heterocycles. The van der Waals surface area contributed by atoms with E-state index in [1.807, 2.05) is 0 Å². The maximum absolute atomic E-state index is 13.3. The van der Waals surface area contributed by atoms with Gasteiger partial charge in [-0.3, -0.25) is 19.0 Å². The Hall–Kier alpha value is -4.33. The molecule has 32 heavy (non-hydrogen) atoms. The van der Waals surface area contributed by atoms with Gasteiger partial charge in [-0.05, 0) is 55.5 Å². The topological polar surface area (TPSA) is 90.2 Å². The fourth-order valence-electron chi connectivity index (χ4n) is 3.44. The molecule has 0 unspecified atom stereocenters. The Morgan fingerprint density at radius 2 is 1.66 bits per heavy atom. The summed E-state index contributed by atoms with van der Waals surface area (Å²) in [5, 5.41) is 2.86. The molecule has 1 N–H and O–H groups in total. The molecule has 4 rings (SSSR count). The van der Waals surface area contributed by atoms with Crippen LogP contribution in [0.25, 0.3) is 16.6 Å². The highest BCUT2D eigenvalue weighted by Crippen LogP contribution is 2.13. The largest absolute Gasteiger partial charge is 0.336 e. The number of hydrogen-bond acceptors (Lipinski definition) is 4. The molecule has 1 heterocycles. The van der Waals surface area contributed by atoms with Gasteiger partial charge in [0.25, 0.3) is 5.56 Å². The van der Waals surface area contributed by atoms with Crippen molar-refractivity contribution in [3.05, 3.63) is 105 Å². The number of carbonyl (C=O) groups excluding carboxylic acids is 2. The molecule has 0 saturated heterocycles. The molecule has 0 aliphatic heterocycles. The van der Waals surface area contributed by atoms with E-state index >= 15 is 0 Å². The number of fused-ring (bicyclic) bond motifs is 1. The van der Waals surface area contributed by atoms with Crippen LogP contribution in [0.15, 0.2) is 82.4 Å². The molecule has 0 atom stereocenters. The second kappa shape index (κ2) is 8.43. The van der Waals surface area contributed by atoms with E-state index in [1.54, 1.807) is 42.5 Å². The van der Waals surface area contributed by atoms with Gasteiger partial charge in [-0.2, -0.15) is 0 Å². The number of nitrogens with one attached hydrogen (secondary N) is 1. The summed E-state index contributed by atoms with van der Waals surface area (Å²) >= 11 is 0. The van der Waals surface area contributed by atoms with E-state index in [0.717, 1.165) is 4.57 Å². The Bertz CT molecular complexity index is 1470. The standard InChI is InChI=1S/C24H18FN3O4/c1-15(29)16-5-4-6-19(13-16)28-23(31)20-7-2-3-8-21(20)27(24(28)32)14-22(30)26-18-11-9-17(25)10-12-18/h2-13H,14H2,1H3,(H,26,30). The molecule has 1 amide bonds. The minimum absolute atomic E-state index is 0.209. The van der Waals surface area contributed by atoms with Crippen molar-refractivity contribution in [2.75, 3.05) is 5.32 Å². The molecule has 3 aromatic carbocycles. The van der Waals surface area contributed by atoms with E-state index in [4.69, 9.17) is 0 Å². The van der Waals surface area contributed by atoms with Crippen molar-refractivity contribution in [1.29, 1.82) is 0 Å². The quantitative estimate of drug-likeness (QED) is 0.492. The highest BCUT2D eigenvalue weighted by Gasteiger charge is 2.17. The van der Waals surface area contributed by atoms with Crippen LogP contribution in [-0.2, 0) is 11.3 Å². The van der Waals surface area contributed by atoms with Crippen LogP contribution in [0.3, 0.4) is 0 Å². The van der Waals surface area contributed by atoms with Crippen molar-refractivity contribution < 1.29 is 14.0 Å². The second-order valence-corrected chi connectivity index (χ2v) is 7.19. The first-order valence-corrected chi connectivity index (χ1v) is 9.76. The normalized spacial score (nSPS) is 10.8. The second-order valence-electron chi connectivity index (χ2n) is 7.19. The Morgan fingerprint density at radius 1 is 0.938 bits per heavy atom. The van der Waals surface area contributed by atoms with Gasteiger partial charge in [0, 0.05) is 11.3 Å². The maximum Gasteiger partial charge on any atom is 0.336 e.